The molecule has 14 nitrogen and oxygen atoms in total. The molecule has 0 aliphatic carbocycles. The Morgan fingerprint density at radius 1 is 0.862 bits per heavy atom. The first-order valence-electron chi connectivity index (χ1n) is 19.9. The molecule has 2 aliphatic heterocycles. The number of H-pyrrole nitrogens is 2. The van der Waals surface area contributed by atoms with Crippen LogP contribution in [0.3, 0.4) is 0 Å². The number of nitrogens with zero attached hydrogens (tertiary/aromatic N) is 4. The summed E-state index contributed by atoms with van der Waals surface area (Å²) in [5, 5.41) is 7.96. The maximum absolute atomic E-state index is 13.8. The average Bonchev–Trinajstić information content (AvgIpc) is 3.93. The van der Waals surface area contributed by atoms with Crippen LogP contribution in [0.25, 0.3) is 44.2 Å². The van der Waals surface area contributed by atoms with Crippen LogP contribution in [0, 0.1) is 11.8 Å². The molecular formula is C42H54N8O6SSi. The Labute approximate surface area is 340 Å². The number of benzene rings is 3. The quantitative estimate of drug-likeness (QED) is 0.126. The Bertz CT molecular complexity index is 2460. The van der Waals surface area contributed by atoms with Gasteiger partial charge in [-0.15, -0.1) is 0 Å². The van der Waals surface area contributed by atoms with Crippen LogP contribution >= 0.6 is 0 Å². The monoisotopic (exact) mass is 826 g/mol. The molecule has 2 aromatic heterocycles. The Balaban J connectivity index is 1.12. The average molecular weight is 827 g/mol. The fraction of sp³-hybridized carbons (Fsp3) is 0.452. The Kier molecular flexibility index (Phi) is 11.3. The lowest BCUT2D eigenvalue weighted by atomic mass is 9.99. The van der Waals surface area contributed by atoms with E-state index in [1.54, 1.807) is 20.0 Å². The number of nitrogens with one attached hydrogen (secondary N) is 4. The SMILES string of the molecule is CN[C@H](C(=O)N1C[Si](C)(C)C[C@H]1c1nc2ccc3cc(-c4ccc(-c5cnc([C@@H]6CS(=O)(=O)CCN6C(=O)[C@@H](NC(=O)OC)C(C)C)[nH]5)cc4)ccc3c2[nH]1)C(C)C. The molecule has 0 saturated carbocycles. The number of carbonyl (C=O) groups excluding carboxylic acids is 3. The molecular weight excluding hydrogens is 773 g/mol. The molecule has 2 fully saturated rings. The van der Waals surface area contributed by atoms with Crippen LogP contribution in [0.15, 0.2) is 60.8 Å². The lowest BCUT2D eigenvalue weighted by Crippen LogP contribution is -2.55. The van der Waals surface area contributed by atoms with Crippen LogP contribution in [0.4, 0.5) is 4.79 Å². The minimum Gasteiger partial charge on any atom is -0.453 e. The van der Waals surface area contributed by atoms with Crippen molar-refractivity contribution in [2.75, 3.05) is 38.4 Å². The summed E-state index contributed by atoms with van der Waals surface area (Å²) in [6.45, 7) is 12.4. The molecule has 308 valence electrons. The van der Waals surface area contributed by atoms with Crippen molar-refractivity contribution in [3.8, 4) is 22.4 Å². The number of sulfone groups is 1. The van der Waals surface area contributed by atoms with E-state index in [-0.39, 0.29) is 47.9 Å². The van der Waals surface area contributed by atoms with Gasteiger partial charge in [0.05, 0.1) is 61.7 Å². The van der Waals surface area contributed by atoms with Gasteiger partial charge in [0.15, 0.2) is 9.84 Å². The number of ether oxygens (including phenoxy) is 1. The summed E-state index contributed by atoms with van der Waals surface area (Å²) in [5.41, 5.74) is 5.42. The van der Waals surface area contributed by atoms with E-state index in [2.05, 4.69) is 81.7 Å². The molecule has 0 radical (unpaired) electrons. The summed E-state index contributed by atoms with van der Waals surface area (Å²) in [4.78, 5) is 59.6. The van der Waals surface area contributed by atoms with E-state index in [0.29, 0.717) is 11.5 Å². The summed E-state index contributed by atoms with van der Waals surface area (Å²) in [6.07, 6.45) is 1.72. The molecule has 2 aliphatic rings. The smallest absolute Gasteiger partial charge is 0.407 e. The van der Waals surface area contributed by atoms with Crippen molar-refractivity contribution >= 4 is 57.6 Å². The van der Waals surface area contributed by atoms with Gasteiger partial charge in [-0.05, 0) is 59.1 Å². The first kappa shape index (κ1) is 41.1. The van der Waals surface area contributed by atoms with Crippen molar-refractivity contribution in [3.05, 3.63) is 72.4 Å². The van der Waals surface area contributed by atoms with Crippen LogP contribution in [0.2, 0.25) is 19.1 Å². The number of hydrogen-bond donors (Lipinski definition) is 4. The minimum atomic E-state index is -3.45. The number of amides is 3. The largest absolute Gasteiger partial charge is 0.453 e. The van der Waals surface area contributed by atoms with Gasteiger partial charge in [-0.2, -0.15) is 0 Å². The molecule has 58 heavy (non-hydrogen) atoms. The third-order valence-corrected chi connectivity index (χ3v) is 15.9. The third kappa shape index (κ3) is 8.14. The van der Waals surface area contributed by atoms with E-state index in [0.717, 1.165) is 56.5 Å². The van der Waals surface area contributed by atoms with Crippen LogP contribution < -0.4 is 10.6 Å². The second-order valence-electron chi connectivity index (χ2n) is 17.2. The second-order valence-corrected chi connectivity index (χ2v) is 24.4. The van der Waals surface area contributed by atoms with Crippen molar-refractivity contribution in [1.82, 2.24) is 40.4 Å². The van der Waals surface area contributed by atoms with E-state index in [1.807, 2.05) is 37.4 Å². The number of methoxy groups -OCH3 is 1. The van der Waals surface area contributed by atoms with Crippen LogP contribution in [0.1, 0.15) is 51.4 Å². The van der Waals surface area contributed by atoms with E-state index >= 15 is 0 Å². The van der Waals surface area contributed by atoms with Crippen molar-refractivity contribution in [2.24, 2.45) is 11.8 Å². The lowest BCUT2D eigenvalue weighted by molar-refractivity contribution is -0.137. The zero-order chi connectivity index (χ0) is 41.7. The topological polar surface area (TPSA) is 182 Å². The highest BCUT2D eigenvalue weighted by Gasteiger charge is 2.45. The predicted molar refractivity (Wildman–Crippen MR) is 228 cm³/mol. The number of imidazole rings is 2. The predicted octanol–water partition coefficient (Wildman–Crippen LogP) is 5.83. The normalized spacial score (nSPS) is 20.2. The van der Waals surface area contributed by atoms with Gasteiger partial charge in [0.1, 0.15) is 23.7 Å². The summed E-state index contributed by atoms with van der Waals surface area (Å²) >= 11 is 0. The summed E-state index contributed by atoms with van der Waals surface area (Å²) < 4.78 is 30.3. The van der Waals surface area contributed by atoms with Crippen LogP contribution in [-0.4, -0.2) is 115 Å². The number of rotatable bonds is 10. The fourth-order valence-electron chi connectivity index (χ4n) is 8.50. The van der Waals surface area contributed by atoms with Crippen molar-refractivity contribution < 1.29 is 27.5 Å². The molecule has 4 N–H and O–H groups in total. The van der Waals surface area contributed by atoms with Gasteiger partial charge in [-0.25, -0.2) is 23.2 Å². The van der Waals surface area contributed by atoms with Gasteiger partial charge in [-0.1, -0.05) is 83.3 Å². The standard InChI is InChI=1S/C42H54N8O6SSi/c1-24(2)35(43-5)40(51)50-23-58(7,8)22-34(50)39-45-31-16-14-29-19-28(13-15-30(29)37(31)47-39)26-9-11-27(12-10-26)32-20-44-38(46-32)33-21-57(54,55)18-17-49(33)41(52)36(25(3)4)48-42(53)56-6/h9-16,19-20,24-25,33-36,43H,17-18,21-23H2,1-8H3,(H,44,46)(H,45,47)(H,48,53)/t33-,34-,35-,36-/m0/s1. The molecule has 0 unspecified atom stereocenters. The molecule has 4 atom stereocenters. The molecule has 7 rings (SSSR count). The Hall–Kier alpha value is -5.06. The molecule has 2 saturated heterocycles. The maximum Gasteiger partial charge on any atom is 0.407 e. The highest BCUT2D eigenvalue weighted by molar-refractivity contribution is 7.91. The molecule has 0 spiro atoms. The first-order valence-corrected chi connectivity index (χ1v) is 25.1. The number of fused-ring (bicyclic) bond motifs is 3. The lowest BCUT2D eigenvalue weighted by Gasteiger charge is -2.37. The number of aromatic amines is 2. The molecule has 4 heterocycles. The molecule has 16 heteroatoms. The van der Waals surface area contributed by atoms with Gasteiger partial charge in [0, 0.05) is 18.1 Å². The maximum atomic E-state index is 13.8. The highest BCUT2D eigenvalue weighted by Crippen LogP contribution is 2.39. The molecule has 3 amide bonds. The van der Waals surface area contributed by atoms with Gasteiger partial charge >= 0.3 is 6.09 Å². The van der Waals surface area contributed by atoms with Gasteiger partial charge in [0.25, 0.3) is 0 Å². The summed E-state index contributed by atoms with van der Waals surface area (Å²) in [6, 6.07) is 17.4. The summed E-state index contributed by atoms with van der Waals surface area (Å²) in [7, 11) is -2.01. The Morgan fingerprint density at radius 3 is 2.21 bits per heavy atom. The van der Waals surface area contributed by atoms with E-state index in [4.69, 9.17) is 9.72 Å². The number of alkyl carbamates (subject to hydrolysis) is 1. The zero-order valence-corrected chi connectivity index (χ0v) is 36.2. The first-order chi connectivity index (χ1) is 27.5. The number of likely N-dealkylation sites (N-methyl/N-ethyl adjacent to an activating group) is 1. The fourth-order valence-corrected chi connectivity index (χ4v) is 12.9. The van der Waals surface area contributed by atoms with Crippen molar-refractivity contribution in [3.63, 3.8) is 0 Å². The second kappa shape index (κ2) is 15.9. The Morgan fingerprint density at radius 2 is 1.53 bits per heavy atom. The number of aromatic nitrogens is 4. The van der Waals surface area contributed by atoms with E-state index < -0.39 is 42.0 Å². The highest BCUT2D eigenvalue weighted by atomic mass is 32.2. The summed E-state index contributed by atoms with van der Waals surface area (Å²) in [5.74, 6) is 0.397. The number of carbonyl (C=O) groups is 3. The molecule has 5 aromatic rings. The van der Waals surface area contributed by atoms with Gasteiger partial charge in [0.2, 0.25) is 11.8 Å². The third-order valence-electron chi connectivity index (χ3n) is 11.6. The van der Waals surface area contributed by atoms with Gasteiger partial charge in [-0.3, -0.25) is 9.59 Å². The molecule has 3 aromatic carbocycles. The molecule has 0 bridgehead atoms. The zero-order valence-electron chi connectivity index (χ0n) is 34.4. The van der Waals surface area contributed by atoms with Crippen molar-refractivity contribution in [2.45, 2.75) is 71.0 Å². The van der Waals surface area contributed by atoms with Crippen molar-refractivity contribution in [1.29, 1.82) is 0 Å². The van der Waals surface area contributed by atoms with Crippen LogP contribution in [0.5, 0.6) is 0 Å². The van der Waals surface area contributed by atoms with E-state index in [1.165, 1.54) is 12.0 Å². The van der Waals surface area contributed by atoms with Gasteiger partial charge < -0.3 is 35.1 Å². The van der Waals surface area contributed by atoms with Crippen LogP contribution in [-0.2, 0) is 24.2 Å². The minimum absolute atomic E-state index is 0.0168. The van der Waals surface area contributed by atoms with E-state index in [9.17, 15) is 22.8 Å². The number of hydrogen-bond acceptors (Lipinski definition) is 9.